The SMILES string of the molecule is CC1CCN(c2cc(C#N)c3cc([N+](=O)[O-])ccc3n2)CC1O. The summed E-state index contributed by atoms with van der Waals surface area (Å²) in [4.78, 5) is 16.9. The minimum Gasteiger partial charge on any atom is -0.391 e. The summed E-state index contributed by atoms with van der Waals surface area (Å²) >= 11 is 0. The lowest BCUT2D eigenvalue weighted by molar-refractivity contribution is -0.384. The number of nitro groups is 1. The summed E-state index contributed by atoms with van der Waals surface area (Å²) in [5.41, 5.74) is 0.824. The molecule has 0 saturated carbocycles. The number of nitrogens with zero attached hydrogens (tertiary/aromatic N) is 4. The first kappa shape index (κ1) is 15.2. The van der Waals surface area contributed by atoms with Gasteiger partial charge in [-0.3, -0.25) is 10.1 Å². The van der Waals surface area contributed by atoms with E-state index in [9.17, 15) is 20.5 Å². The van der Waals surface area contributed by atoms with Gasteiger partial charge in [-0.05, 0) is 24.5 Å². The van der Waals surface area contributed by atoms with E-state index in [0.29, 0.717) is 28.8 Å². The average Bonchev–Trinajstić information content (AvgIpc) is 2.55. The van der Waals surface area contributed by atoms with Gasteiger partial charge >= 0.3 is 0 Å². The number of nitriles is 1. The minimum absolute atomic E-state index is 0.0641. The maximum Gasteiger partial charge on any atom is 0.270 e. The van der Waals surface area contributed by atoms with Crippen LogP contribution in [0.5, 0.6) is 0 Å². The Hall–Kier alpha value is -2.72. The highest BCUT2D eigenvalue weighted by Crippen LogP contribution is 2.28. The molecule has 1 fully saturated rings. The molecule has 1 aliphatic heterocycles. The number of non-ortho nitro benzene ring substituents is 1. The number of fused-ring (bicyclic) bond motifs is 1. The molecule has 7 heteroatoms. The fraction of sp³-hybridized carbons (Fsp3) is 0.375. The largest absolute Gasteiger partial charge is 0.391 e. The summed E-state index contributed by atoms with van der Waals surface area (Å²) in [5.74, 6) is 0.860. The Kier molecular flexibility index (Phi) is 3.84. The Morgan fingerprint density at radius 2 is 2.26 bits per heavy atom. The van der Waals surface area contributed by atoms with Crippen molar-refractivity contribution in [3.05, 3.63) is 39.9 Å². The summed E-state index contributed by atoms with van der Waals surface area (Å²) in [6, 6.07) is 8.03. The third-order valence-electron chi connectivity index (χ3n) is 4.35. The number of aromatic nitrogens is 1. The molecular formula is C16H16N4O3. The third-order valence-corrected chi connectivity index (χ3v) is 4.35. The molecule has 1 saturated heterocycles. The predicted octanol–water partition coefficient (Wildman–Crippen LogP) is 2.22. The van der Waals surface area contributed by atoms with Crippen molar-refractivity contribution < 1.29 is 10.0 Å². The van der Waals surface area contributed by atoms with Crippen LogP contribution >= 0.6 is 0 Å². The second-order valence-corrected chi connectivity index (χ2v) is 5.88. The molecule has 1 N–H and O–H groups in total. The highest BCUT2D eigenvalue weighted by molar-refractivity contribution is 5.88. The van der Waals surface area contributed by atoms with E-state index in [1.165, 1.54) is 12.1 Å². The number of β-amino-alcohol motifs (C(OH)–C–C–N with tert-alkyl or cyclic N) is 1. The zero-order valence-corrected chi connectivity index (χ0v) is 12.6. The molecule has 1 aromatic heterocycles. The molecule has 2 atom stereocenters. The quantitative estimate of drug-likeness (QED) is 0.673. The van der Waals surface area contributed by atoms with E-state index < -0.39 is 11.0 Å². The van der Waals surface area contributed by atoms with Crippen LogP contribution < -0.4 is 4.90 Å². The molecular weight excluding hydrogens is 296 g/mol. The average molecular weight is 312 g/mol. The van der Waals surface area contributed by atoms with Crippen LogP contribution in [0.3, 0.4) is 0 Å². The molecule has 0 spiro atoms. The number of piperidine rings is 1. The van der Waals surface area contributed by atoms with Gasteiger partial charge in [-0.1, -0.05) is 6.92 Å². The predicted molar refractivity (Wildman–Crippen MR) is 85.1 cm³/mol. The van der Waals surface area contributed by atoms with Gasteiger partial charge in [0.05, 0.1) is 28.2 Å². The van der Waals surface area contributed by atoms with Crippen molar-refractivity contribution in [2.75, 3.05) is 18.0 Å². The van der Waals surface area contributed by atoms with E-state index in [1.54, 1.807) is 12.1 Å². The molecule has 2 unspecified atom stereocenters. The maximum absolute atomic E-state index is 10.9. The number of rotatable bonds is 2. The van der Waals surface area contributed by atoms with E-state index in [-0.39, 0.29) is 11.6 Å². The minimum atomic E-state index is -0.489. The van der Waals surface area contributed by atoms with Crippen LogP contribution in [0, 0.1) is 27.4 Å². The van der Waals surface area contributed by atoms with E-state index >= 15 is 0 Å². The molecule has 0 aliphatic carbocycles. The van der Waals surface area contributed by atoms with Crippen molar-refractivity contribution in [2.24, 2.45) is 5.92 Å². The zero-order valence-electron chi connectivity index (χ0n) is 12.6. The van der Waals surface area contributed by atoms with E-state index in [0.717, 1.165) is 13.0 Å². The van der Waals surface area contributed by atoms with Crippen molar-refractivity contribution in [3.8, 4) is 6.07 Å². The standard InChI is InChI=1S/C16H16N4O3/c1-10-4-5-19(9-15(10)21)16-6-11(8-17)13-7-12(20(22)23)2-3-14(13)18-16/h2-3,6-7,10,15,21H,4-5,9H2,1H3. The zero-order chi connectivity index (χ0) is 16.6. The second kappa shape index (κ2) is 5.82. The van der Waals surface area contributed by atoms with Crippen LogP contribution in [-0.2, 0) is 0 Å². The van der Waals surface area contributed by atoms with E-state index in [2.05, 4.69) is 11.1 Å². The van der Waals surface area contributed by atoms with Crippen LogP contribution in [0.4, 0.5) is 11.5 Å². The van der Waals surface area contributed by atoms with Crippen molar-refractivity contribution in [2.45, 2.75) is 19.4 Å². The van der Waals surface area contributed by atoms with Crippen LogP contribution in [0.2, 0.25) is 0 Å². The Labute approximate surface area is 132 Å². The number of hydrogen-bond acceptors (Lipinski definition) is 6. The normalized spacial score (nSPS) is 21.2. The first-order chi connectivity index (χ1) is 11.0. The molecule has 0 amide bonds. The highest BCUT2D eigenvalue weighted by Gasteiger charge is 2.25. The molecule has 2 aromatic rings. The highest BCUT2D eigenvalue weighted by atomic mass is 16.6. The second-order valence-electron chi connectivity index (χ2n) is 5.88. The first-order valence-electron chi connectivity index (χ1n) is 7.42. The molecule has 7 nitrogen and oxygen atoms in total. The van der Waals surface area contributed by atoms with Crippen LogP contribution in [0.15, 0.2) is 24.3 Å². The van der Waals surface area contributed by atoms with Gasteiger partial charge in [0, 0.05) is 30.6 Å². The van der Waals surface area contributed by atoms with E-state index in [1.807, 2.05) is 11.8 Å². The molecule has 23 heavy (non-hydrogen) atoms. The van der Waals surface area contributed by atoms with Crippen LogP contribution in [0.1, 0.15) is 18.9 Å². The number of hydrogen-bond donors (Lipinski definition) is 1. The van der Waals surface area contributed by atoms with Gasteiger partial charge < -0.3 is 10.0 Å². The Bertz CT molecular complexity index is 815. The summed E-state index contributed by atoms with van der Waals surface area (Å²) < 4.78 is 0. The van der Waals surface area contributed by atoms with Gasteiger partial charge in [0.25, 0.3) is 5.69 Å². The lowest BCUT2D eigenvalue weighted by atomic mass is 9.96. The first-order valence-corrected chi connectivity index (χ1v) is 7.42. The van der Waals surface area contributed by atoms with Gasteiger partial charge in [-0.15, -0.1) is 0 Å². The van der Waals surface area contributed by atoms with Gasteiger partial charge in [-0.25, -0.2) is 4.98 Å². The fourth-order valence-electron chi connectivity index (χ4n) is 2.82. The monoisotopic (exact) mass is 312 g/mol. The summed E-state index contributed by atoms with van der Waals surface area (Å²) in [6.07, 6.45) is 0.423. The van der Waals surface area contributed by atoms with Crippen molar-refractivity contribution in [3.63, 3.8) is 0 Å². The van der Waals surface area contributed by atoms with E-state index in [4.69, 9.17) is 0 Å². The number of aliphatic hydroxyl groups is 1. The number of benzene rings is 1. The maximum atomic E-state index is 10.9. The molecule has 0 radical (unpaired) electrons. The molecule has 3 rings (SSSR count). The lowest BCUT2D eigenvalue weighted by Crippen LogP contribution is -2.43. The third kappa shape index (κ3) is 2.81. The van der Waals surface area contributed by atoms with Crippen LogP contribution in [0.25, 0.3) is 10.9 Å². The van der Waals surface area contributed by atoms with Crippen molar-refractivity contribution >= 4 is 22.4 Å². The fourth-order valence-corrected chi connectivity index (χ4v) is 2.82. The molecule has 1 aliphatic rings. The van der Waals surface area contributed by atoms with Gasteiger partial charge in [0.1, 0.15) is 5.82 Å². The number of pyridine rings is 1. The number of aliphatic hydroxyl groups excluding tert-OH is 1. The van der Waals surface area contributed by atoms with Gasteiger partial charge in [-0.2, -0.15) is 5.26 Å². The summed E-state index contributed by atoms with van der Waals surface area (Å²) in [6.45, 7) is 3.24. The molecule has 1 aromatic carbocycles. The smallest absolute Gasteiger partial charge is 0.270 e. The van der Waals surface area contributed by atoms with Crippen LogP contribution in [-0.4, -0.2) is 34.2 Å². The molecule has 118 valence electrons. The summed E-state index contributed by atoms with van der Waals surface area (Å²) in [7, 11) is 0. The van der Waals surface area contributed by atoms with Crippen molar-refractivity contribution in [1.29, 1.82) is 5.26 Å². The number of nitro benzene ring substituents is 1. The molecule has 0 bridgehead atoms. The Balaban J connectivity index is 2.05. The number of anilines is 1. The molecule has 2 heterocycles. The van der Waals surface area contributed by atoms with Crippen molar-refractivity contribution in [1.82, 2.24) is 4.98 Å². The Morgan fingerprint density at radius 3 is 2.91 bits per heavy atom. The Morgan fingerprint density at radius 1 is 1.48 bits per heavy atom. The summed E-state index contributed by atoms with van der Waals surface area (Å²) in [5, 5.41) is 30.8. The topological polar surface area (TPSA) is 103 Å². The van der Waals surface area contributed by atoms with Gasteiger partial charge in [0.15, 0.2) is 0 Å². The van der Waals surface area contributed by atoms with Gasteiger partial charge in [0.2, 0.25) is 0 Å². The lowest BCUT2D eigenvalue weighted by Gasteiger charge is -2.35.